The van der Waals surface area contributed by atoms with Gasteiger partial charge in [0.05, 0.1) is 12.8 Å². The number of hydrogen-bond donors (Lipinski definition) is 0. The quantitative estimate of drug-likeness (QED) is 0.612. The van der Waals surface area contributed by atoms with Crippen LogP contribution in [0, 0.1) is 6.92 Å². The van der Waals surface area contributed by atoms with Crippen molar-refractivity contribution in [3.63, 3.8) is 0 Å². The normalized spacial score (nSPS) is 10.8. The van der Waals surface area contributed by atoms with E-state index in [2.05, 4.69) is 9.84 Å². The van der Waals surface area contributed by atoms with E-state index in [1.54, 1.807) is 20.0 Å². The first-order valence-corrected chi connectivity index (χ1v) is 5.93. The SMILES string of the molecule is COC(=O)CN(C)C(=O)/C=C/c1c(C)nn(C)c1Cl. The van der Waals surface area contributed by atoms with Gasteiger partial charge in [-0.1, -0.05) is 11.6 Å². The van der Waals surface area contributed by atoms with Crippen molar-refractivity contribution in [1.29, 1.82) is 0 Å². The van der Waals surface area contributed by atoms with E-state index in [0.29, 0.717) is 10.7 Å². The van der Waals surface area contributed by atoms with E-state index in [9.17, 15) is 9.59 Å². The highest BCUT2D eigenvalue weighted by molar-refractivity contribution is 6.31. The second-order valence-corrected chi connectivity index (χ2v) is 4.38. The Morgan fingerprint density at radius 1 is 1.53 bits per heavy atom. The number of methoxy groups -OCH3 is 1. The maximum atomic E-state index is 11.8. The van der Waals surface area contributed by atoms with Crippen molar-refractivity contribution < 1.29 is 14.3 Å². The third kappa shape index (κ3) is 3.82. The number of ether oxygens (including phenoxy) is 1. The van der Waals surface area contributed by atoms with E-state index >= 15 is 0 Å². The van der Waals surface area contributed by atoms with Gasteiger partial charge in [-0.3, -0.25) is 14.3 Å². The summed E-state index contributed by atoms with van der Waals surface area (Å²) in [5.41, 5.74) is 1.41. The van der Waals surface area contributed by atoms with Gasteiger partial charge in [-0.2, -0.15) is 5.10 Å². The zero-order chi connectivity index (χ0) is 14.6. The molecule has 0 radical (unpaired) electrons. The van der Waals surface area contributed by atoms with E-state index in [4.69, 9.17) is 11.6 Å². The topological polar surface area (TPSA) is 64.4 Å². The number of halogens is 1. The molecule has 0 unspecified atom stereocenters. The lowest BCUT2D eigenvalue weighted by molar-refractivity contribution is -0.144. The lowest BCUT2D eigenvalue weighted by atomic mass is 10.2. The summed E-state index contributed by atoms with van der Waals surface area (Å²) in [5, 5.41) is 4.59. The largest absolute Gasteiger partial charge is 0.468 e. The lowest BCUT2D eigenvalue weighted by Crippen LogP contribution is -2.31. The standard InChI is InChI=1S/C12H16ClN3O3/c1-8-9(12(13)16(3)14-8)5-6-10(17)15(2)7-11(18)19-4/h5-6H,7H2,1-4H3/b6-5+. The van der Waals surface area contributed by atoms with E-state index in [-0.39, 0.29) is 12.5 Å². The number of carbonyl (C=O) groups is 2. The second kappa shape index (κ2) is 6.38. The number of likely N-dealkylation sites (N-methyl/N-ethyl adjacent to an activating group) is 1. The Bertz CT molecular complexity index is 523. The van der Waals surface area contributed by atoms with Gasteiger partial charge in [-0.05, 0) is 13.0 Å². The first-order chi connectivity index (χ1) is 8.86. The molecule has 0 spiro atoms. The Balaban J connectivity index is 2.76. The number of aromatic nitrogens is 2. The molecule has 0 aliphatic carbocycles. The van der Waals surface area contributed by atoms with Gasteiger partial charge >= 0.3 is 5.97 Å². The molecule has 0 saturated carbocycles. The summed E-state index contributed by atoms with van der Waals surface area (Å²) in [4.78, 5) is 24.0. The highest BCUT2D eigenvalue weighted by Gasteiger charge is 2.12. The fourth-order valence-corrected chi connectivity index (χ4v) is 1.69. The molecule has 1 amide bonds. The number of esters is 1. The van der Waals surface area contributed by atoms with Crippen molar-refractivity contribution in [2.24, 2.45) is 7.05 Å². The molecule has 7 heteroatoms. The van der Waals surface area contributed by atoms with Crippen LogP contribution < -0.4 is 0 Å². The molecule has 6 nitrogen and oxygen atoms in total. The van der Waals surface area contributed by atoms with Gasteiger partial charge in [0, 0.05) is 25.7 Å². The average molecular weight is 286 g/mol. The summed E-state index contributed by atoms with van der Waals surface area (Å²) in [6.07, 6.45) is 2.93. The van der Waals surface area contributed by atoms with Crippen LogP contribution in [0.1, 0.15) is 11.3 Å². The maximum absolute atomic E-state index is 11.8. The van der Waals surface area contributed by atoms with Crippen LogP contribution >= 0.6 is 11.6 Å². The van der Waals surface area contributed by atoms with Gasteiger partial charge in [0.1, 0.15) is 11.7 Å². The maximum Gasteiger partial charge on any atom is 0.325 e. The summed E-state index contributed by atoms with van der Waals surface area (Å²) in [6, 6.07) is 0. The molecule has 1 heterocycles. The molecule has 0 aromatic carbocycles. The molecule has 0 bridgehead atoms. The molecule has 0 aliphatic heterocycles. The zero-order valence-corrected chi connectivity index (χ0v) is 12.1. The van der Waals surface area contributed by atoms with Crippen LogP contribution in [0.2, 0.25) is 5.15 Å². The van der Waals surface area contributed by atoms with Crippen molar-refractivity contribution in [2.75, 3.05) is 20.7 Å². The predicted molar refractivity (Wildman–Crippen MR) is 71.6 cm³/mol. The molecular formula is C12H16ClN3O3. The molecule has 104 valence electrons. The number of rotatable bonds is 4. The smallest absolute Gasteiger partial charge is 0.325 e. The van der Waals surface area contributed by atoms with Crippen LogP contribution in [0.25, 0.3) is 6.08 Å². The fraction of sp³-hybridized carbons (Fsp3) is 0.417. The second-order valence-electron chi connectivity index (χ2n) is 4.02. The molecule has 0 aliphatic rings. The van der Waals surface area contributed by atoms with Gasteiger partial charge in [-0.25, -0.2) is 0 Å². The van der Waals surface area contributed by atoms with Crippen molar-refractivity contribution in [1.82, 2.24) is 14.7 Å². The molecule has 1 aromatic rings. The Kier molecular flexibility index (Phi) is 5.11. The van der Waals surface area contributed by atoms with Gasteiger partial charge in [-0.15, -0.1) is 0 Å². The summed E-state index contributed by atoms with van der Waals surface area (Å²) in [7, 11) is 4.51. The first-order valence-electron chi connectivity index (χ1n) is 5.56. The first kappa shape index (κ1) is 15.2. The Hall–Kier alpha value is -1.82. The lowest BCUT2D eigenvalue weighted by Gasteiger charge is -2.12. The van der Waals surface area contributed by atoms with Gasteiger partial charge in [0.25, 0.3) is 0 Å². The Morgan fingerprint density at radius 3 is 2.63 bits per heavy atom. The van der Waals surface area contributed by atoms with E-state index < -0.39 is 5.97 Å². The van der Waals surface area contributed by atoms with Crippen LogP contribution in [0.4, 0.5) is 0 Å². The van der Waals surface area contributed by atoms with Crippen molar-refractivity contribution in [3.05, 3.63) is 22.5 Å². The Morgan fingerprint density at radius 2 is 2.16 bits per heavy atom. The van der Waals surface area contributed by atoms with Crippen LogP contribution in [0.3, 0.4) is 0 Å². The van der Waals surface area contributed by atoms with Crippen LogP contribution in [-0.4, -0.2) is 47.3 Å². The number of hydrogen-bond acceptors (Lipinski definition) is 4. The molecule has 0 atom stereocenters. The molecule has 0 fully saturated rings. The van der Waals surface area contributed by atoms with E-state index in [1.165, 1.54) is 29.8 Å². The summed E-state index contributed by atoms with van der Waals surface area (Å²) in [6.45, 7) is 1.70. The highest BCUT2D eigenvalue weighted by atomic mass is 35.5. The number of amides is 1. The minimum atomic E-state index is -0.472. The number of carbonyl (C=O) groups excluding carboxylic acids is 2. The average Bonchev–Trinajstić information content (AvgIpc) is 2.60. The summed E-state index contributed by atoms with van der Waals surface area (Å²) in [5.74, 6) is -0.787. The molecule has 0 saturated heterocycles. The van der Waals surface area contributed by atoms with Crippen molar-refractivity contribution >= 4 is 29.6 Å². The molecular weight excluding hydrogens is 270 g/mol. The zero-order valence-electron chi connectivity index (χ0n) is 11.3. The Labute approximate surface area is 116 Å². The van der Waals surface area contributed by atoms with Crippen LogP contribution in [0.5, 0.6) is 0 Å². The van der Waals surface area contributed by atoms with Gasteiger partial charge in [0.2, 0.25) is 5.91 Å². The minimum absolute atomic E-state index is 0.0978. The van der Waals surface area contributed by atoms with Gasteiger partial charge in [0.15, 0.2) is 0 Å². The number of aryl methyl sites for hydroxylation is 2. The van der Waals surface area contributed by atoms with Crippen LogP contribution in [0.15, 0.2) is 6.08 Å². The third-order valence-electron chi connectivity index (χ3n) is 2.56. The van der Waals surface area contributed by atoms with Crippen LogP contribution in [-0.2, 0) is 21.4 Å². The van der Waals surface area contributed by atoms with Crippen molar-refractivity contribution in [2.45, 2.75) is 6.92 Å². The minimum Gasteiger partial charge on any atom is -0.468 e. The molecule has 0 N–H and O–H groups in total. The van der Waals surface area contributed by atoms with E-state index in [1.807, 2.05) is 0 Å². The monoisotopic (exact) mass is 285 g/mol. The molecule has 1 aromatic heterocycles. The third-order valence-corrected chi connectivity index (χ3v) is 3.01. The highest BCUT2D eigenvalue weighted by Crippen LogP contribution is 2.19. The molecule has 1 rings (SSSR count). The molecule has 19 heavy (non-hydrogen) atoms. The summed E-state index contributed by atoms with van der Waals surface area (Å²) < 4.78 is 6.01. The van der Waals surface area contributed by atoms with E-state index in [0.717, 1.165) is 5.69 Å². The predicted octanol–water partition coefficient (Wildman–Crippen LogP) is 1.03. The van der Waals surface area contributed by atoms with Gasteiger partial charge < -0.3 is 9.64 Å². The fourth-order valence-electron chi connectivity index (χ4n) is 1.45. The van der Waals surface area contributed by atoms with Crippen molar-refractivity contribution in [3.8, 4) is 0 Å². The number of nitrogens with zero attached hydrogens (tertiary/aromatic N) is 3. The summed E-state index contributed by atoms with van der Waals surface area (Å²) >= 11 is 6.03.